The van der Waals surface area contributed by atoms with E-state index in [0.717, 1.165) is 5.56 Å². The number of hydrogen-bond acceptors (Lipinski definition) is 7. The number of phenols is 2. The third-order valence-electron chi connectivity index (χ3n) is 5.64. The summed E-state index contributed by atoms with van der Waals surface area (Å²) in [6.45, 7) is 2.05. The summed E-state index contributed by atoms with van der Waals surface area (Å²) in [5.74, 6) is -1.39. The molecule has 0 unspecified atom stereocenters. The highest BCUT2D eigenvalue weighted by atomic mass is 16.5. The molecule has 0 fully saturated rings. The number of pyridine rings is 1. The van der Waals surface area contributed by atoms with Crippen molar-refractivity contribution in [1.29, 1.82) is 0 Å². The maximum absolute atomic E-state index is 13.5. The molecule has 3 aromatic rings. The largest absolute Gasteiger partial charge is 0.508 e. The number of phenolic OH excluding ortho intramolecular Hbond substituents is 2. The zero-order valence-corrected chi connectivity index (χ0v) is 18.7. The molecule has 1 atom stereocenters. The summed E-state index contributed by atoms with van der Waals surface area (Å²) < 4.78 is 11.4. The molecule has 0 saturated carbocycles. The number of hydrogen-bond donors (Lipinski definition) is 3. The molecule has 33 heavy (non-hydrogen) atoms. The highest BCUT2D eigenvalue weighted by Crippen LogP contribution is 2.36. The summed E-state index contributed by atoms with van der Waals surface area (Å²) in [5, 5.41) is 30.4. The first kappa shape index (κ1) is 23.7. The summed E-state index contributed by atoms with van der Waals surface area (Å²) >= 11 is 0. The minimum atomic E-state index is -0.845. The Kier molecular flexibility index (Phi) is 7.27. The molecular weight excluding hydrogens is 426 g/mol. The average molecular weight is 453 g/mol. The van der Waals surface area contributed by atoms with Crippen LogP contribution in [0.25, 0.3) is 0 Å². The van der Waals surface area contributed by atoms with Crippen molar-refractivity contribution in [3.63, 3.8) is 0 Å². The van der Waals surface area contributed by atoms with E-state index in [1.165, 1.54) is 37.0 Å². The number of rotatable bonds is 8. The highest BCUT2D eigenvalue weighted by molar-refractivity contribution is 5.71. The molecule has 8 heteroatoms. The summed E-state index contributed by atoms with van der Waals surface area (Å²) in [4.78, 5) is 25.7. The Hall–Kier alpha value is -3.94. The van der Waals surface area contributed by atoms with E-state index < -0.39 is 17.4 Å². The molecule has 0 aliphatic carbocycles. The highest BCUT2D eigenvalue weighted by Gasteiger charge is 2.27. The van der Waals surface area contributed by atoms with Crippen LogP contribution in [0.3, 0.4) is 0 Å². The predicted octanol–water partition coefficient (Wildman–Crippen LogP) is 3.22. The van der Waals surface area contributed by atoms with Gasteiger partial charge in [0.25, 0.3) is 5.56 Å². The zero-order chi connectivity index (χ0) is 24.1. The van der Waals surface area contributed by atoms with Gasteiger partial charge in [0.2, 0.25) is 0 Å². The van der Waals surface area contributed by atoms with Crippen molar-refractivity contribution in [3.05, 3.63) is 81.3 Å². The average Bonchev–Trinajstić information content (AvgIpc) is 2.79. The van der Waals surface area contributed by atoms with Gasteiger partial charge >= 0.3 is 5.97 Å². The van der Waals surface area contributed by atoms with E-state index >= 15 is 0 Å². The van der Waals surface area contributed by atoms with Crippen LogP contribution >= 0.6 is 0 Å². The molecule has 0 radical (unpaired) electrons. The lowest BCUT2D eigenvalue weighted by Gasteiger charge is -2.21. The fourth-order valence-corrected chi connectivity index (χ4v) is 3.84. The van der Waals surface area contributed by atoms with Crippen molar-refractivity contribution in [2.75, 3.05) is 14.2 Å². The lowest BCUT2D eigenvalue weighted by molar-refractivity contribution is -0.140. The monoisotopic (exact) mass is 453 g/mol. The maximum Gasteiger partial charge on any atom is 0.306 e. The van der Waals surface area contributed by atoms with Crippen LogP contribution in [0, 0.1) is 6.92 Å². The van der Waals surface area contributed by atoms with Crippen LogP contribution in [0.15, 0.2) is 53.3 Å². The van der Waals surface area contributed by atoms with Crippen molar-refractivity contribution < 1.29 is 29.6 Å². The second-order valence-corrected chi connectivity index (χ2v) is 7.72. The summed E-state index contributed by atoms with van der Waals surface area (Å²) in [5.41, 5.74) is 1.56. The number of aryl methyl sites for hydroxylation is 2. The van der Waals surface area contributed by atoms with E-state index in [-0.39, 0.29) is 35.0 Å². The number of aromatic hydroxyl groups is 3. The molecule has 0 spiro atoms. The molecule has 8 nitrogen and oxygen atoms in total. The number of carbonyl (C=O) groups excluding carboxylic acids is 1. The fraction of sp³-hybridized carbons (Fsp3) is 0.280. The van der Waals surface area contributed by atoms with Crippen LogP contribution < -0.4 is 10.3 Å². The van der Waals surface area contributed by atoms with Crippen molar-refractivity contribution in [2.45, 2.75) is 32.2 Å². The number of nitrogens with zero attached hydrogens (tertiary/aromatic N) is 1. The molecule has 0 aliphatic heterocycles. The molecule has 0 bridgehead atoms. The van der Waals surface area contributed by atoms with E-state index in [4.69, 9.17) is 9.47 Å². The smallest absolute Gasteiger partial charge is 0.306 e. The van der Waals surface area contributed by atoms with Crippen LogP contribution in [-0.2, 0) is 22.5 Å². The Labute approximate surface area is 191 Å². The molecule has 1 aromatic heterocycles. The fourth-order valence-electron chi connectivity index (χ4n) is 3.84. The van der Waals surface area contributed by atoms with Gasteiger partial charge in [0, 0.05) is 18.2 Å². The molecule has 0 saturated heterocycles. The molecule has 0 amide bonds. The Bertz CT molecular complexity index is 1200. The van der Waals surface area contributed by atoms with Gasteiger partial charge in [0.15, 0.2) is 11.5 Å². The summed E-state index contributed by atoms with van der Waals surface area (Å²) in [6, 6.07) is 12.8. The van der Waals surface area contributed by atoms with Crippen molar-refractivity contribution in [2.24, 2.45) is 0 Å². The van der Waals surface area contributed by atoms with Crippen LogP contribution in [0.4, 0.5) is 0 Å². The van der Waals surface area contributed by atoms with Gasteiger partial charge in [-0.15, -0.1) is 0 Å². The molecule has 2 aromatic carbocycles. The lowest BCUT2D eigenvalue weighted by Crippen LogP contribution is -2.29. The second-order valence-electron chi connectivity index (χ2n) is 7.72. The first-order valence-electron chi connectivity index (χ1n) is 10.4. The SMILES string of the molecule is COC(=O)C[C@H](c1ccc(OC)c(O)c1)c1c(O)cc(C)n(CCc2ccc(O)cc2)c1=O. The number of aromatic nitrogens is 1. The van der Waals surface area contributed by atoms with Crippen molar-refractivity contribution in [3.8, 4) is 23.0 Å². The molecule has 3 rings (SSSR count). The predicted molar refractivity (Wildman–Crippen MR) is 122 cm³/mol. The summed E-state index contributed by atoms with van der Waals surface area (Å²) in [6.07, 6.45) is 0.322. The third-order valence-corrected chi connectivity index (χ3v) is 5.64. The third kappa shape index (κ3) is 5.28. The number of ether oxygens (including phenoxy) is 2. The van der Waals surface area contributed by atoms with Gasteiger partial charge in [-0.25, -0.2) is 0 Å². The van der Waals surface area contributed by atoms with Gasteiger partial charge < -0.3 is 29.4 Å². The van der Waals surface area contributed by atoms with E-state index in [0.29, 0.717) is 24.2 Å². The number of methoxy groups -OCH3 is 2. The van der Waals surface area contributed by atoms with E-state index in [1.54, 1.807) is 37.3 Å². The zero-order valence-electron chi connectivity index (χ0n) is 18.7. The Balaban J connectivity index is 2.06. The van der Waals surface area contributed by atoms with Crippen LogP contribution in [0.5, 0.6) is 23.0 Å². The molecule has 3 N–H and O–H groups in total. The van der Waals surface area contributed by atoms with Crippen LogP contribution in [-0.4, -0.2) is 40.1 Å². The van der Waals surface area contributed by atoms with Crippen molar-refractivity contribution >= 4 is 5.97 Å². The molecule has 1 heterocycles. The normalized spacial score (nSPS) is 11.7. The van der Waals surface area contributed by atoms with Crippen molar-refractivity contribution in [1.82, 2.24) is 4.57 Å². The minimum Gasteiger partial charge on any atom is -0.508 e. The van der Waals surface area contributed by atoms with Crippen LogP contribution in [0.2, 0.25) is 0 Å². The van der Waals surface area contributed by atoms with E-state index in [2.05, 4.69) is 0 Å². The van der Waals surface area contributed by atoms with Gasteiger partial charge in [0.1, 0.15) is 11.5 Å². The Morgan fingerprint density at radius 1 is 1.00 bits per heavy atom. The van der Waals surface area contributed by atoms with Crippen LogP contribution in [0.1, 0.15) is 34.7 Å². The first-order chi connectivity index (χ1) is 15.7. The molecule has 174 valence electrons. The number of benzene rings is 2. The maximum atomic E-state index is 13.5. The first-order valence-corrected chi connectivity index (χ1v) is 10.4. The topological polar surface area (TPSA) is 118 Å². The van der Waals surface area contributed by atoms with E-state index in [1.807, 2.05) is 0 Å². The van der Waals surface area contributed by atoms with Gasteiger partial charge in [-0.1, -0.05) is 18.2 Å². The van der Waals surface area contributed by atoms with Gasteiger partial charge in [-0.3, -0.25) is 9.59 Å². The van der Waals surface area contributed by atoms with Gasteiger partial charge in [0.05, 0.1) is 26.2 Å². The standard InChI is InChI=1S/C25H27NO7/c1-15-12-21(29)24(25(31)26(15)11-10-16-4-7-18(27)8-5-16)19(14-23(30)33-3)17-6-9-22(32-2)20(28)13-17/h4-9,12-13,19,27-29H,10-11,14H2,1-3H3/t19-/m1/s1. The summed E-state index contributed by atoms with van der Waals surface area (Å²) in [7, 11) is 2.66. The van der Waals surface area contributed by atoms with E-state index in [9.17, 15) is 24.9 Å². The van der Waals surface area contributed by atoms with Gasteiger partial charge in [-0.2, -0.15) is 0 Å². The minimum absolute atomic E-state index is 0.0428. The molecule has 0 aliphatic rings. The molecular formula is C25H27NO7. The van der Waals surface area contributed by atoms with Gasteiger partial charge in [-0.05, 0) is 54.8 Å². The quantitative estimate of drug-likeness (QED) is 0.448. The Morgan fingerprint density at radius 3 is 2.30 bits per heavy atom. The second kappa shape index (κ2) is 10.1. The number of esters is 1. The number of carbonyl (C=O) groups is 1. The Morgan fingerprint density at radius 2 is 1.70 bits per heavy atom. The lowest BCUT2D eigenvalue weighted by atomic mass is 9.88.